The van der Waals surface area contributed by atoms with Crippen LogP contribution in [0.25, 0.3) is 22.3 Å². The Morgan fingerprint density at radius 1 is 0.981 bits per heavy atom. The maximum atomic E-state index is 15.4. The third kappa shape index (κ3) is 7.94. The predicted molar refractivity (Wildman–Crippen MR) is 200 cm³/mol. The molecule has 3 amide bonds. The summed E-state index contributed by atoms with van der Waals surface area (Å²) in [5.41, 5.74) is -0.507. The number of Topliss-reactive ketones (excluding diaryl/α,β-unsaturated/α-hetero) is 1. The Labute approximate surface area is 313 Å². The highest BCUT2D eigenvalue weighted by Crippen LogP contribution is 2.39. The van der Waals surface area contributed by atoms with Gasteiger partial charge in [0.1, 0.15) is 30.3 Å². The van der Waals surface area contributed by atoms with Crippen molar-refractivity contribution >= 4 is 46.1 Å². The van der Waals surface area contributed by atoms with Crippen LogP contribution in [0.2, 0.25) is 0 Å². The number of amides is 3. The highest BCUT2D eigenvalue weighted by atomic mass is 19.1. The van der Waals surface area contributed by atoms with E-state index in [1.807, 2.05) is 6.92 Å². The topological polar surface area (TPSA) is 186 Å². The van der Waals surface area contributed by atoms with Gasteiger partial charge in [-0.25, -0.2) is 14.2 Å². The number of aromatic nitrogens is 2. The number of pyridine rings is 2. The fourth-order valence-electron chi connectivity index (χ4n) is 6.98. The molecule has 2 aliphatic heterocycles. The zero-order valence-corrected chi connectivity index (χ0v) is 31.9. The van der Waals surface area contributed by atoms with Crippen molar-refractivity contribution in [1.29, 1.82) is 0 Å². The van der Waals surface area contributed by atoms with Gasteiger partial charge in [0.15, 0.2) is 5.60 Å². The minimum absolute atomic E-state index is 0.000114. The van der Waals surface area contributed by atoms with E-state index in [0.717, 1.165) is 12.5 Å². The Bertz CT molecular complexity index is 2060. The van der Waals surface area contributed by atoms with Gasteiger partial charge in [-0.2, -0.15) is 0 Å². The maximum Gasteiger partial charge on any atom is 0.343 e. The lowest BCUT2D eigenvalue weighted by Crippen LogP contribution is -2.53. The van der Waals surface area contributed by atoms with E-state index in [2.05, 4.69) is 34.8 Å². The number of ketones is 1. The lowest BCUT2D eigenvalue weighted by molar-refractivity contribution is -0.172. The summed E-state index contributed by atoms with van der Waals surface area (Å²) in [5, 5.41) is 19.5. The monoisotopic (exact) mass is 747 g/mol. The molecule has 5 atom stereocenters. The Morgan fingerprint density at radius 2 is 1.69 bits per heavy atom. The van der Waals surface area contributed by atoms with E-state index >= 15 is 4.39 Å². The Kier molecular flexibility index (Phi) is 12.0. The van der Waals surface area contributed by atoms with Crippen LogP contribution >= 0.6 is 0 Å². The molecule has 0 aliphatic carbocycles. The summed E-state index contributed by atoms with van der Waals surface area (Å²) < 4.78 is 22.0. The first-order chi connectivity index (χ1) is 25.5. The van der Waals surface area contributed by atoms with E-state index in [1.54, 1.807) is 32.9 Å². The van der Waals surface area contributed by atoms with Crippen molar-refractivity contribution in [2.45, 2.75) is 118 Å². The number of benzene rings is 1. The van der Waals surface area contributed by atoms with E-state index in [4.69, 9.17) is 4.74 Å². The molecular weight excluding hydrogens is 697 g/mol. The summed E-state index contributed by atoms with van der Waals surface area (Å²) in [6, 6.07) is 3.86. The number of carbonyl (C=O) groups is 5. The number of rotatable bonds is 15. The molecule has 0 bridgehead atoms. The second-order valence-electron chi connectivity index (χ2n) is 15.0. The van der Waals surface area contributed by atoms with Gasteiger partial charge in [0.2, 0.25) is 17.7 Å². The lowest BCUT2D eigenvalue weighted by Gasteiger charge is -2.31. The minimum Gasteiger partial charge on any atom is -0.458 e. The Balaban J connectivity index is 1.23. The van der Waals surface area contributed by atoms with E-state index < -0.39 is 46.8 Å². The van der Waals surface area contributed by atoms with Crippen molar-refractivity contribution in [3.05, 3.63) is 57.1 Å². The molecule has 0 spiro atoms. The number of unbranched alkanes of at least 4 members (excludes halogenated alkanes) is 1. The Hall–Kier alpha value is -4.98. The van der Waals surface area contributed by atoms with Crippen molar-refractivity contribution in [2.75, 3.05) is 5.32 Å². The number of hydrogen-bond acceptors (Lipinski definition) is 9. The van der Waals surface area contributed by atoms with Crippen molar-refractivity contribution < 1.29 is 38.2 Å². The fraction of sp³-hybridized carbons (Fsp3) is 0.525. The number of ether oxygens (including phenoxy) is 1. The number of esters is 1. The molecule has 54 heavy (non-hydrogen) atoms. The molecule has 1 aromatic carbocycles. The zero-order valence-electron chi connectivity index (χ0n) is 31.9. The number of nitrogens with zero attached hydrogens (tertiary/aromatic N) is 2. The number of hydrogen-bond donors (Lipinski definition) is 4. The van der Waals surface area contributed by atoms with Crippen molar-refractivity contribution in [2.24, 2.45) is 17.8 Å². The zero-order chi connectivity index (χ0) is 39.6. The smallest absolute Gasteiger partial charge is 0.343 e. The molecule has 5 rings (SSSR count). The molecule has 13 nitrogen and oxygen atoms in total. The molecular formula is C40H50FN5O8. The van der Waals surface area contributed by atoms with E-state index in [0.29, 0.717) is 47.5 Å². The van der Waals surface area contributed by atoms with Gasteiger partial charge >= 0.3 is 5.97 Å². The number of nitrogens with one attached hydrogen (secondary N) is 3. The quantitative estimate of drug-likeness (QED) is 0.0996. The first-order valence-corrected chi connectivity index (χ1v) is 18.7. The van der Waals surface area contributed by atoms with E-state index in [1.165, 1.54) is 17.6 Å². The minimum atomic E-state index is -1.98. The first kappa shape index (κ1) is 40.2. The number of carbonyl (C=O) groups excluding carboxylic acids is 5. The Morgan fingerprint density at radius 3 is 2.35 bits per heavy atom. The van der Waals surface area contributed by atoms with Crippen LogP contribution in [0.5, 0.6) is 0 Å². The summed E-state index contributed by atoms with van der Waals surface area (Å²) in [6.07, 6.45) is 2.55. The number of fused-ring (bicyclic) bond motifs is 5. The van der Waals surface area contributed by atoms with Gasteiger partial charge in [0, 0.05) is 41.3 Å². The van der Waals surface area contributed by atoms with E-state index in [9.17, 15) is 33.9 Å². The third-order valence-electron chi connectivity index (χ3n) is 11.0. The summed E-state index contributed by atoms with van der Waals surface area (Å²) in [7, 11) is 0. The number of anilines is 1. The van der Waals surface area contributed by atoms with Gasteiger partial charge in [0.25, 0.3) is 5.56 Å². The molecule has 290 valence electrons. The second kappa shape index (κ2) is 16.2. The predicted octanol–water partition coefficient (Wildman–Crippen LogP) is 4.61. The molecule has 4 heterocycles. The highest BCUT2D eigenvalue weighted by Gasteiger charge is 2.45. The molecule has 2 unspecified atom stereocenters. The van der Waals surface area contributed by atoms with Crippen LogP contribution in [0.4, 0.5) is 10.1 Å². The van der Waals surface area contributed by atoms with Crippen LogP contribution in [-0.4, -0.2) is 56.2 Å². The normalized spacial score (nSPS) is 18.1. The lowest BCUT2D eigenvalue weighted by atomic mass is 9.86. The van der Waals surface area contributed by atoms with Crippen molar-refractivity contribution in [1.82, 2.24) is 20.2 Å². The molecule has 3 aromatic rings. The standard InChI is InChI=1S/C40H50FN5O8/c1-8-21(5)22(6)32(47)12-10-11-13-33(48)45-34(20(3)4)37(50)42-23(7)36(49)44-30-15-24-14-25-18-46-31(35(25)43-29(24)17-28(30)41)16-27-26(38(46)51)19-54-39(52)40(27,53)9-2/h14-17,20-23,34,53H,8-13,18-19H2,1-7H3,(H,42,50)(H,44,49)(H,45,48)/t21?,22?,23-,34-,40-/m0/s1. The van der Waals surface area contributed by atoms with Gasteiger partial charge in [-0.05, 0) is 56.2 Å². The molecule has 0 radical (unpaired) electrons. The molecule has 2 aliphatic rings. The van der Waals surface area contributed by atoms with Gasteiger partial charge in [-0.15, -0.1) is 0 Å². The SMILES string of the molecule is CCC(C)C(C)C(=O)CCCCC(=O)N[C@H](C(=O)N[C@@H](C)C(=O)Nc1cc2cc3c(nc2cc1F)-c1cc2c(c(=O)n1C3)COC(=O)[C@]2(O)CC)C(C)C. The molecule has 0 saturated heterocycles. The fourth-order valence-corrected chi connectivity index (χ4v) is 6.98. The van der Waals surface area contributed by atoms with Crippen LogP contribution in [-0.2, 0) is 47.5 Å². The van der Waals surface area contributed by atoms with Crippen LogP contribution in [0.1, 0.15) is 104 Å². The first-order valence-electron chi connectivity index (χ1n) is 18.7. The second-order valence-corrected chi connectivity index (χ2v) is 15.0. The van der Waals surface area contributed by atoms with Gasteiger partial charge in [0.05, 0.1) is 34.7 Å². The molecule has 14 heteroatoms. The average molecular weight is 748 g/mol. The molecule has 2 aromatic heterocycles. The number of halogens is 1. The maximum absolute atomic E-state index is 15.4. The largest absolute Gasteiger partial charge is 0.458 e. The highest BCUT2D eigenvalue weighted by molar-refractivity contribution is 6.00. The number of cyclic esters (lactones) is 1. The van der Waals surface area contributed by atoms with Gasteiger partial charge < -0.3 is 30.4 Å². The van der Waals surface area contributed by atoms with Crippen molar-refractivity contribution in [3.8, 4) is 11.4 Å². The summed E-state index contributed by atoms with van der Waals surface area (Å²) in [5.74, 6) is -3.03. The summed E-state index contributed by atoms with van der Waals surface area (Å²) in [4.78, 5) is 82.0. The van der Waals surface area contributed by atoms with Crippen molar-refractivity contribution in [3.63, 3.8) is 0 Å². The number of aliphatic hydroxyl groups is 1. The van der Waals surface area contributed by atoms with Crippen LogP contribution in [0.3, 0.4) is 0 Å². The van der Waals surface area contributed by atoms with Gasteiger partial charge in [-0.1, -0.05) is 48.0 Å². The third-order valence-corrected chi connectivity index (χ3v) is 11.0. The van der Waals surface area contributed by atoms with E-state index in [-0.39, 0.29) is 71.9 Å². The average Bonchev–Trinajstić information content (AvgIpc) is 3.49. The molecule has 0 saturated carbocycles. The molecule has 0 fully saturated rings. The summed E-state index contributed by atoms with van der Waals surface area (Å²) in [6.45, 7) is 12.5. The van der Waals surface area contributed by atoms with Gasteiger partial charge in [-0.3, -0.25) is 24.0 Å². The molecule has 4 N–H and O–H groups in total. The summed E-state index contributed by atoms with van der Waals surface area (Å²) >= 11 is 0. The van der Waals surface area contributed by atoms with Crippen LogP contribution in [0, 0.1) is 23.6 Å². The van der Waals surface area contributed by atoms with Crippen LogP contribution in [0.15, 0.2) is 29.1 Å². The van der Waals surface area contributed by atoms with Crippen LogP contribution < -0.4 is 21.5 Å².